The molecule has 0 bridgehead atoms. The highest BCUT2D eigenvalue weighted by Crippen LogP contribution is 2.01. The summed E-state index contributed by atoms with van der Waals surface area (Å²) in [6.45, 7) is 0. The van der Waals surface area contributed by atoms with Crippen LogP contribution in [0.3, 0.4) is 0 Å². The Bertz CT molecular complexity index is 345. The van der Waals surface area contributed by atoms with Gasteiger partial charge in [0.25, 0.3) is 5.56 Å². The summed E-state index contributed by atoms with van der Waals surface area (Å²) in [5.41, 5.74) is 4.88. The van der Waals surface area contributed by atoms with Gasteiger partial charge in [-0.25, -0.2) is 4.79 Å². The number of carbonyl (C=O) groups excluding carboxylic acids is 1. The van der Waals surface area contributed by atoms with E-state index in [1.165, 1.54) is 19.3 Å². The van der Waals surface area contributed by atoms with Crippen LogP contribution in [-0.2, 0) is 0 Å². The lowest BCUT2D eigenvalue weighted by Crippen LogP contribution is -2.35. The van der Waals surface area contributed by atoms with Gasteiger partial charge < -0.3 is 10.7 Å². The van der Waals surface area contributed by atoms with E-state index in [1.807, 2.05) is 0 Å². The van der Waals surface area contributed by atoms with Crippen LogP contribution >= 0.6 is 0 Å². The second-order valence-electron chi connectivity index (χ2n) is 2.28. The van der Waals surface area contributed by atoms with E-state index in [9.17, 15) is 9.59 Å². The van der Waals surface area contributed by atoms with E-state index in [2.05, 4.69) is 4.98 Å². The molecule has 12 heavy (non-hydrogen) atoms. The fourth-order valence-electron chi connectivity index (χ4n) is 0.796. The van der Waals surface area contributed by atoms with Crippen molar-refractivity contribution in [3.8, 4) is 0 Å². The van der Waals surface area contributed by atoms with Crippen molar-refractivity contribution in [3.63, 3.8) is 0 Å². The zero-order valence-electron chi connectivity index (χ0n) is 6.57. The molecule has 3 N–H and O–H groups in total. The number of primary amides is 1. The number of pyridine rings is 1. The Morgan fingerprint density at radius 1 is 1.67 bits per heavy atom. The van der Waals surface area contributed by atoms with E-state index in [4.69, 9.17) is 5.73 Å². The van der Waals surface area contributed by atoms with Crippen LogP contribution in [0.2, 0.25) is 0 Å². The first-order valence-electron chi connectivity index (χ1n) is 3.34. The summed E-state index contributed by atoms with van der Waals surface area (Å²) in [6, 6.07) is 2.48. The molecule has 0 saturated heterocycles. The standard InChI is InChI=1S/C7H9N3O2/c1-10(7(8)12)5-3-2-4-9-6(5)11/h2-4H,1H3,(H2,8,12)(H,9,11). The van der Waals surface area contributed by atoms with Gasteiger partial charge in [-0.1, -0.05) is 0 Å². The van der Waals surface area contributed by atoms with Crippen LogP contribution in [0.1, 0.15) is 0 Å². The minimum absolute atomic E-state index is 0.241. The molecule has 0 fully saturated rings. The maximum atomic E-state index is 11.1. The summed E-state index contributed by atoms with van der Waals surface area (Å²) >= 11 is 0. The van der Waals surface area contributed by atoms with Crippen molar-refractivity contribution >= 4 is 11.7 Å². The van der Waals surface area contributed by atoms with E-state index in [0.29, 0.717) is 0 Å². The second kappa shape index (κ2) is 3.08. The average molecular weight is 167 g/mol. The number of carbonyl (C=O) groups is 1. The number of anilines is 1. The highest BCUT2D eigenvalue weighted by molar-refractivity contribution is 5.89. The number of nitrogens with one attached hydrogen (secondary N) is 1. The number of rotatable bonds is 1. The third-order valence-corrected chi connectivity index (χ3v) is 1.49. The van der Waals surface area contributed by atoms with Gasteiger partial charge in [-0.15, -0.1) is 0 Å². The molecule has 64 valence electrons. The van der Waals surface area contributed by atoms with Crippen LogP contribution in [0, 0.1) is 0 Å². The van der Waals surface area contributed by atoms with Gasteiger partial charge >= 0.3 is 6.03 Å². The third-order valence-electron chi connectivity index (χ3n) is 1.49. The lowest BCUT2D eigenvalue weighted by Gasteiger charge is -2.11. The molecule has 0 radical (unpaired) electrons. The monoisotopic (exact) mass is 167 g/mol. The van der Waals surface area contributed by atoms with Crippen LogP contribution in [0.25, 0.3) is 0 Å². The molecule has 5 heteroatoms. The average Bonchev–Trinajstić information content (AvgIpc) is 2.04. The van der Waals surface area contributed by atoms with E-state index in [-0.39, 0.29) is 11.2 Å². The largest absolute Gasteiger partial charge is 0.351 e. The number of aromatic nitrogens is 1. The molecule has 5 nitrogen and oxygen atoms in total. The normalized spacial score (nSPS) is 9.42. The minimum Gasteiger partial charge on any atom is -0.351 e. The Balaban J connectivity index is 3.11. The number of hydrogen-bond donors (Lipinski definition) is 2. The predicted molar refractivity (Wildman–Crippen MR) is 45.0 cm³/mol. The molecular weight excluding hydrogens is 158 g/mol. The maximum Gasteiger partial charge on any atom is 0.319 e. The number of aromatic amines is 1. The van der Waals surface area contributed by atoms with Crippen LogP contribution < -0.4 is 16.2 Å². The summed E-state index contributed by atoms with van der Waals surface area (Å²) in [4.78, 5) is 25.2. The highest BCUT2D eigenvalue weighted by atomic mass is 16.2. The number of amides is 2. The van der Waals surface area contributed by atoms with E-state index in [0.717, 1.165) is 4.90 Å². The molecule has 0 spiro atoms. The van der Waals surface area contributed by atoms with Crippen molar-refractivity contribution in [3.05, 3.63) is 28.7 Å². The molecule has 0 saturated carbocycles. The van der Waals surface area contributed by atoms with Crippen molar-refractivity contribution in [2.75, 3.05) is 11.9 Å². The van der Waals surface area contributed by atoms with Gasteiger partial charge in [-0.3, -0.25) is 9.69 Å². The molecule has 1 aromatic rings. The maximum absolute atomic E-state index is 11.1. The molecule has 0 aliphatic carbocycles. The summed E-state index contributed by atoms with van der Waals surface area (Å²) in [7, 11) is 1.44. The fraction of sp³-hybridized carbons (Fsp3) is 0.143. The van der Waals surface area contributed by atoms with Crippen LogP contribution in [0.15, 0.2) is 23.1 Å². The molecule has 1 heterocycles. The first-order valence-corrected chi connectivity index (χ1v) is 3.34. The Morgan fingerprint density at radius 2 is 2.33 bits per heavy atom. The quantitative estimate of drug-likeness (QED) is 0.612. The number of urea groups is 1. The summed E-state index contributed by atoms with van der Waals surface area (Å²) in [5.74, 6) is 0. The lowest BCUT2D eigenvalue weighted by molar-refractivity contribution is 0.255. The Kier molecular flexibility index (Phi) is 2.14. The van der Waals surface area contributed by atoms with Gasteiger partial charge in [-0.05, 0) is 12.1 Å². The SMILES string of the molecule is CN(C(N)=O)c1ccc[nH]c1=O. The smallest absolute Gasteiger partial charge is 0.319 e. The van der Waals surface area contributed by atoms with Gasteiger partial charge in [0.15, 0.2) is 0 Å². The fourth-order valence-corrected chi connectivity index (χ4v) is 0.796. The van der Waals surface area contributed by atoms with Crippen LogP contribution in [0.4, 0.5) is 10.5 Å². The van der Waals surface area contributed by atoms with E-state index in [1.54, 1.807) is 6.07 Å². The van der Waals surface area contributed by atoms with Crippen molar-refractivity contribution in [1.29, 1.82) is 0 Å². The summed E-state index contributed by atoms with van der Waals surface area (Å²) in [6.07, 6.45) is 1.49. The van der Waals surface area contributed by atoms with Crippen molar-refractivity contribution in [2.45, 2.75) is 0 Å². The zero-order valence-corrected chi connectivity index (χ0v) is 6.57. The number of nitrogens with two attached hydrogens (primary N) is 1. The molecule has 1 rings (SSSR count). The van der Waals surface area contributed by atoms with E-state index >= 15 is 0 Å². The third kappa shape index (κ3) is 1.45. The summed E-state index contributed by atoms with van der Waals surface area (Å²) < 4.78 is 0. The number of H-pyrrole nitrogens is 1. The number of hydrogen-bond acceptors (Lipinski definition) is 2. The molecule has 0 unspecified atom stereocenters. The molecule has 0 aliphatic heterocycles. The molecule has 1 aromatic heterocycles. The molecular formula is C7H9N3O2. The molecule has 2 amide bonds. The van der Waals surface area contributed by atoms with Crippen LogP contribution in [0.5, 0.6) is 0 Å². The van der Waals surface area contributed by atoms with Gasteiger partial charge in [0.1, 0.15) is 5.69 Å². The Hall–Kier alpha value is -1.78. The first kappa shape index (κ1) is 8.32. The second-order valence-corrected chi connectivity index (χ2v) is 2.28. The minimum atomic E-state index is -0.660. The van der Waals surface area contributed by atoms with Gasteiger partial charge in [-0.2, -0.15) is 0 Å². The van der Waals surface area contributed by atoms with Gasteiger partial charge in [0.2, 0.25) is 0 Å². The van der Waals surface area contributed by atoms with E-state index < -0.39 is 6.03 Å². The lowest BCUT2D eigenvalue weighted by atomic mass is 10.4. The van der Waals surface area contributed by atoms with Crippen molar-refractivity contribution in [2.24, 2.45) is 5.73 Å². The Labute approximate surface area is 68.8 Å². The van der Waals surface area contributed by atoms with Crippen molar-refractivity contribution < 1.29 is 4.79 Å². The van der Waals surface area contributed by atoms with Gasteiger partial charge in [0.05, 0.1) is 0 Å². The predicted octanol–water partition coefficient (Wildman–Crippen LogP) is -0.110. The summed E-state index contributed by atoms with van der Waals surface area (Å²) in [5, 5.41) is 0. The number of nitrogens with zero attached hydrogens (tertiary/aromatic N) is 1. The Morgan fingerprint density at radius 3 is 2.83 bits per heavy atom. The van der Waals surface area contributed by atoms with Crippen LogP contribution in [-0.4, -0.2) is 18.1 Å². The highest BCUT2D eigenvalue weighted by Gasteiger charge is 2.08. The molecule has 0 aliphatic rings. The molecule has 0 aromatic carbocycles. The zero-order chi connectivity index (χ0) is 9.14. The van der Waals surface area contributed by atoms with Crippen molar-refractivity contribution in [1.82, 2.24) is 4.98 Å². The van der Waals surface area contributed by atoms with Gasteiger partial charge in [0, 0.05) is 13.2 Å². The molecule has 0 atom stereocenters. The first-order chi connectivity index (χ1) is 5.63. The topological polar surface area (TPSA) is 79.2 Å².